The second-order valence-corrected chi connectivity index (χ2v) is 8.89. The monoisotopic (exact) mass is 482 g/mol. The average molecular weight is 483 g/mol. The van der Waals surface area contributed by atoms with Crippen LogP contribution in [-0.2, 0) is 6.42 Å². The minimum absolute atomic E-state index is 0.0402. The van der Waals surface area contributed by atoms with Gasteiger partial charge in [0, 0.05) is 38.0 Å². The van der Waals surface area contributed by atoms with Gasteiger partial charge in [-0.05, 0) is 35.9 Å². The zero-order valence-electron chi connectivity index (χ0n) is 19.4. The third-order valence-corrected chi connectivity index (χ3v) is 6.65. The van der Waals surface area contributed by atoms with Crippen molar-refractivity contribution < 1.29 is 9.18 Å². The number of hydrogen-bond acceptors (Lipinski definition) is 5. The highest BCUT2D eigenvalue weighted by Crippen LogP contribution is 2.22. The minimum atomic E-state index is -0.553. The van der Waals surface area contributed by atoms with E-state index < -0.39 is 5.82 Å². The van der Waals surface area contributed by atoms with E-state index in [4.69, 9.17) is 0 Å². The molecule has 0 radical (unpaired) electrons. The maximum absolute atomic E-state index is 14.7. The summed E-state index contributed by atoms with van der Waals surface area (Å²) < 4.78 is 14.7. The van der Waals surface area contributed by atoms with Gasteiger partial charge in [0.15, 0.2) is 0 Å². The molecule has 0 atom stereocenters. The number of imidazole rings is 1. The first kappa shape index (κ1) is 22.0. The molecule has 0 bridgehead atoms. The van der Waals surface area contributed by atoms with Crippen LogP contribution in [0.2, 0.25) is 0 Å². The molecule has 2 N–H and O–H groups in total. The van der Waals surface area contributed by atoms with Crippen molar-refractivity contribution in [3.63, 3.8) is 0 Å². The number of aromatic amines is 2. The first-order valence-corrected chi connectivity index (χ1v) is 11.8. The predicted molar refractivity (Wildman–Crippen MR) is 136 cm³/mol. The maximum atomic E-state index is 14.7. The summed E-state index contributed by atoms with van der Waals surface area (Å²) in [5, 5.41) is 8.00. The minimum Gasteiger partial charge on any atom is -0.339 e. The molecule has 5 aromatic rings. The van der Waals surface area contributed by atoms with Crippen molar-refractivity contribution in [3.8, 4) is 0 Å². The van der Waals surface area contributed by atoms with Crippen molar-refractivity contribution in [1.82, 2.24) is 25.1 Å². The molecule has 6 rings (SSSR count). The molecule has 36 heavy (non-hydrogen) atoms. The van der Waals surface area contributed by atoms with E-state index in [9.17, 15) is 14.0 Å². The molecule has 0 unspecified atom stereocenters. The molecule has 1 saturated heterocycles. The van der Waals surface area contributed by atoms with Gasteiger partial charge in [-0.25, -0.2) is 14.5 Å². The van der Waals surface area contributed by atoms with Crippen LogP contribution < -0.4 is 10.5 Å². The Hall–Kier alpha value is -4.53. The Kier molecular flexibility index (Phi) is 5.44. The lowest BCUT2D eigenvalue weighted by atomic mass is 10.0. The normalized spacial score (nSPS) is 14.0. The van der Waals surface area contributed by atoms with E-state index in [1.54, 1.807) is 29.2 Å². The smallest absolute Gasteiger partial charge is 0.272 e. The Labute approximate surface area is 205 Å². The number of fused-ring (bicyclic) bond motifs is 2. The van der Waals surface area contributed by atoms with Gasteiger partial charge < -0.3 is 14.8 Å². The fourth-order valence-corrected chi connectivity index (χ4v) is 4.73. The number of carbonyl (C=O) groups excluding carboxylic acids is 1. The Morgan fingerprint density at radius 1 is 0.944 bits per heavy atom. The molecule has 1 fully saturated rings. The van der Waals surface area contributed by atoms with Gasteiger partial charge in [-0.1, -0.05) is 36.4 Å². The predicted octanol–water partition coefficient (Wildman–Crippen LogP) is 3.49. The summed E-state index contributed by atoms with van der Waals surface area (Å²) in [5.41, 5.74) is 3.05. The largest absolute Gasteiger partial charge is 0.339 e. The number of nitrogens with one attached hydrogen (secondary N) is 2. The van der Waals surface area contributed by atoms with E-state index in [-0.39, 0.29) is 17.0 Å². The Morgan fingerprint density at radius 2 is 1.69 bits per heavy atom. The summed E-state index contributed by atoms with van der Waals surface area (Å²) in [6.45, 7) is 2.12. The van der Waals surface area contributed by atoms with Crippen LogP contribution in [0.25, 0.3) is 21.8 Å². The Bertz CT molecular complexity index is 1620. The van der Waals surface area contributed by atoms with Crippen LogP contribution in [0.1, 0.15) is 21.6 Å². The molecule has 3 heterocycles. The lowest BCUT2D eigenvalue weighted by molar-refractivity contribution is 0.0741. The second kappa shape index (κ2) is 8.92. The van der Waals surface area contributed by atoms with Gasteiger partial charge >= 0.3 is 0 Å². The second-order valence-electron chi connectivity index (χ2n) is 8.89. The summed E-state index contributed by atoms with van der Waals surface area (Å²) in [6, 6.07) is 19.6. The molecule has 1 aliphatic heterocycles. The maximum Gasteiger partial charge on any atom is 0.272 e. The molecule has 1 amide bonds. The summed E-state index contributed by atoms with van der Waals surface area (Å²) >= 11 is 0. The first-order chi connectivity index (χ1) is 17.6. The molecule has 8 nitrogen and oxygen atoms in total. The van der Waals surface area contributed by atoms with Crippen LogP contribution in [0.4, 0.5) is 10.3 Å². The number of carbonyl (C=O) groups is 1. The van der Waals surface area contributed by atoms with Crippen LogP contribution in [0.3, 0.4) is 0 Å². The molecule has 180 valence electrons. The van der Waals surface area contributed by atoms with Crippen LogP contribution in [-0.4, -0.2) is 57.2 Å². The van der Waals surface area contributed by atoms with E-state index >= 15 is 0 Å². The van der Waals surface area contributed by atoms with E-state index in [1.165, 1.54) is 6.07 Å². The molecule has 1 aliphatic rings. The number of aromatic nitrogens is 4. The zero-order chi connectivity index (χ0) is 24.6. The number of hydrogen-bond donors (Lipinski definition) is 2. The summed E-state index contributed by atoms with van der Waals surface area (Å²) in [4.78, 5) is 37.1. The van der Waals surface area contributed by atoms with Gasteiger partial charge in [0.1, 0.15) is 5.82 Å². The van der Waals surface area contributed by atoms with Crippen molar-refractivity contribution in [2.24, 2.45) is 0 Å². The zero-order valence-corrected chi connectivity index (χ0v) is 19.4. The van der Waals surface area contributed by atoms with Gasteiger partial charge in [0.25, 0.3) is 11.5 Å². The van der Waals surface area contributed by atoms with Crippen LogP contribution in [0.15, 0.2) is 71.5 Å². The molecule has 2 aromatic heterocycles. The third kappa shape index (κ3) is 3.98. The van der Waals surface area contributed by atoms with E-state index in [1.807, 2.05) is 36.4 Å². The van der Waals surface area contributed by atoms with Gasteiger partial charge in [0.2, 0.25) is 5.95 Å². The van der Waals surface area contributed by atoms with Gasteiger partial charge in [-0.3, -0.25) is 9.59 Å². The van der Waals surface area contributed by atoms with Crippen LogP contribution >= 0.6 is 0 Å². The van der Waals surface area contributed by atoms with E-state index in [2.05, 4.69) is 25.1 Å². The average Bonchev–Trinajstić information content (AvgIpc) is 3.36. The van der Waals surface area contributed by atoms with Gasteiger partial charge in [0.05, 0.1) is 27.7 Å². The van der Waals surface area contributed by atoms with E-state index in [0.29, 0.717) is 43.7 Å². The fraction of sp³-hybridized carbons (Fsp3) is 0.185. The van der Waals surface area contributed by atoms with Gasteiger partial charge in [-0.15, -0.1) is 0 Å². The topological polar surface area (TPSA) is 98.0 Å². The van der Waals surface area contributed by atoms with E-state index in [0.717, 1.165) is 27.9 Å². The first-order valence-electron chi connectivity index (χ1n) is 11.8. The number of piperazine rings is 1. The molecule has 3 aromatic carbocycles. The highest BCUT2D eigenvalue weighted by atomic mass is 19.1. The number of para-hydroxylation sites is 2. The quantitative estimate of drug-likeness (QED) is 0.409. The number of halogens is 1. The highest BCUT2D eigenvalue weighted by Gasteiger charge is 2.26. The molecule has 9 heteroatoms. The summed E-state index contributed by atoms with van der Waals surface area (Å²) in [7, 11) is 0. The molecular formula is C27H23FN6O2. The molecular weight excluding hydrogens is 459 g/mol. The number of rotatable bonds is 4. The van der Waals surface area contributed by atoms with Crippen molar-refractivity contribution in [2.45, 2.75) is 6.42 Å². The number of H-pyrrole nitrogens is 2. The molecule has 0 spiro atoms. The lowest BCUT2D eigenvalue weighted by Gasteiger charge is -2.34. The van der Waals surface area contributed by atoms with Crippen molar-refractivity contribution in [1.29, 1.82) is 0 Å². The Balaban J connectivity index is 1.19. The van der Waals surface area contributed by atoms with Crippen molar-refractivity contribution in [3.05, 3.63) is 99.7 Å². The fourth-order valence-electron chi connectivity index (χ4n) is 4.73. The van der Waals surface area contributed by atoms with Crippen LogP contribution in [0.5, 0.6) is 0 Å². The Morgan fingerprint density at radius 3 is 2.50 bits per heavy atom. The standard InChI is InChI=1S/C27H23FN6O2/c28-21-10-9-17(16-24-18-5-1-2-6-19(18)25(35)32-31-24)15-20(21)26(36)33-11-13-34(14-12-33)27-29-22-7-3-4-8-23(22)30-27/h1-10,15H,11-14,16H2,(H,29,30)(H,32,35). The lowest BCUT2D eigenvalue weighted by Crippen LogP contribution is -2.49. The summed E-state index contributed by atoms with van der Waals surface area (Å²) in [5.74, 6) is -0.113. The number of amides is 1. The van der Waals surface area contributed by atoms with Gasteiger partial charge in [-0.2, -0.15) is 5.10 Å². The SMILES string of the molecule is O=C(c1cc(Cc2n[nH]c(=O)c3ccccc23)ccc1F)N1CCN(c2nc3ccccc3[nH]2)CC1. The number of anilines is 1. The third-order valence-electron chi connectivity index (χ3n) is 6.65. The van der Waals surface area contributed by atoms with Crippen molar-refractivity contribution >= 4 is 33.7 Å². The number of benzene rings is 3. The molecule has 0 saturated carbocycles. The van der Waals surface area contributed by atoms with Crippen molar-refractivity contribution in [2.75, 3.05) is 31.1 Å². The highest BCUT2D eigenvalue weighted by molar-refractivity contribution is 5.95. The summed E-state index contributed by atoms with van der Waals surface area (Å²) in [6.07, 6.45) is 0.359. The number of nitrogens with zero attached hydrogens (tertiary/aromatic N) is 4. The van der Waals surface area contributed by atoms with Crippen LogP contribution in [0, 0.1) is 5.82 Å². The molecule has 0 aliphatic carbocycles.